The number of H-pyrrole nitrogens is 1. The molecule has 1 amide bonds. The van der Waals surface area contributed by atoms with Crippen LogP contribution < -0.4 is 10.1 Å². The molecular formula is C21H22N4O3. The third-order valence-corrected chi connectivity index (χ3v) is 4.74. The normalized spacial score (nSPS) is 11.2. The lowest BCUT2D eigenvalue weighted by Gasteiger charge is -2.07. The van der Waals surface area contributed by atoms with Crippen molar-refractivity contribution in [2.75, 3.05) is 20.3 Å². The Morgan fingerprint density at radius 3 is 3.00 bits per heavy atom. The van der Waals surface area contributed by atoms with Crippen LogP contribution in [0.2, 0.25) is 0 Å². The summed E-state index contributed by atoms with van der Waals surface area (Å²) < 4.78 is 7.32. The number of hydrogen-bond acceptors (Lipinski definition) is 4. The van der Waals surface area contributed by atoms with Crippen LogP contribution in [0.25, 0.3) is 33.2 Å². The first-order chi connectivity index (χ1) is 13.7. The summed E-state index contributed by atoms with van der Waals surface area (Å²) >= 11 is 0. The lowest BCUT2D eigenvalue weighted by molar-refractivity contribution is -0.121. The highest BCUT2D eigenvalue weighted by molar-refractivity contribution is 5.99. The molecule has 0 saturated heterocycles. The summed E-state index contributed by atoms with van der Waals surface area (Å²) in [6, 6.07) is 11.8. The number of aliphatic hydroxyl groups excluding tert-OH is 1. The smallest absolute Gasteiger partial charge is 0.239 e. The molecule has 1 aromatic carbocycles. The van der Waals surface area contributed by atoms with E-state index in [-0.39, 0.29) is 19.1 Å². The molecule has 0 unspecified atom stereocenters. The van der Waals surface area contributed by atoms with Crippen molar-refractivity contribution >= 4 is 27.8 Å². The summed E-state index contributed by atoms with van der Waals surface area (Å²) in [7, 11) is 1.64. The van der Waals surface area contributed by atoms with Gasteiger partial charge < -0.3 is 24.7 Å². The molecule has 3 aromatic heterocycles. The van der Waals surface area contributed by atoms with Gasteiger partial charge in [0.1, 0.15) is 17.9 Å². The molecule has 0 aliphatic rings. The van der Waals surface area contributed by atoms with Crippen molar-refractivity contribution in [1.82, 2.24) is 19.9 Å². The van der Waals surface area contributed by atoms with Crippen LogP contribution in [-0.2, 0) is 11.3 Å². The third kappa shape index (κ3) is 3.44. The molecule has 3 heterocycles. The fourth-order valence-corrected chi connectivity index (χ4v) is 3.37. The van der Waals surface area contributed by atoms with Crippen molar-refractivity contribution in [2.45, 2.75) is 13.0 Å². The number of carbonyl (C=O) groups excluding carboxylic acids is 1. The van der Waals surface area contributed by atoms with E-state index < -0.39 is 0 Å². The maximum Gasteiger partial charge on any atom is 0.239 e. The van der Waals surface area contributed by atoms with Crippen molar-refractivity contribution in [2.24, 2.45) is 0 Å². The zero-order valence-electron chi connectivity index (χ0n) is 15.6. The molecule has 0 saturated carbocycles. The van der Waals surface area contributed by atoms with Gasteiger partial charge in [-0.05, 0) is 42.8 Å². The molecule has 0 aliphatic heterocycles. The van der Waals surface area contributed by atoms with E-state index in [1.807, 2.05) is 41.1 Å². The minimum Gasteiger partial charge on any atom is -0.497 e. The number of nitrogens with one attached hydrogen (secondary N) is 2. The number of pyridine rings is 1. The zero-order chi connectivity index (χ0) is 19.5. The van der Waals surface area contributed by atoms with Crippen LogP contribution in [0.3, 0.4) is 0 Å². The first-order valence-electron chi connectivity index (χ1n) is 9.18. The van der Waals surface area contributed by atoms with Gasteiger partial charge in [-0.25, -0.2) is 4.98 Å². The number of aromatic nitrogens is 3. The second-order valence-corrected chi connectivity index (χ2v) is 6.61. The first kappa shape index (κ1) is 18.1. The highest BCUT2D eigenvalue weighted by atomic mass is 16.5. The molecule has 4 aromatic rings. The van der Waals surface area contributed by atoms with Crippen LogP contribution >= 0.6 is 0 Å². The molecule has 0 radical (unpaired) electrons. The molecule has 0 bridgehead atoms. The average molecular weight is 378 g/mol. The maximum absolute atomic E-state index is 12.3. The number of hydrogen-bond donors (Lipinski definition) is 3. The van der Waals surface area contributed by atoms with E-state index in [4.69, 9.17) is 9.84 Å². The van der Waals surface area contributed by atoms with E-state index in [0.29, 0.717) is 13.0 Å². The SMILES string of the molecule is COc1ccc2c(c1)c(-c1cc3cccnc3[nH]1)cn2CC(=O)NCCCO. The van der Waals surface area contributed by atoms with E-state index in [1.165, 1.54) is 0 Å². The standard InChI is InChI=1S/C21H22N4O3/c1-28-15-5-6-19-16(11-15)17(12-25(19)13-20(27)22-8-3-9-26)18-10-14-4-2-7-23-21(14)24-18/h2,4-7,10-12,26H,3,8-9,13H2,1H3,(H,22,27)(H,23,24). The van der Waals surface area contributed by atoms with Crippen molar-refractivity contribution in [1.29, 1.82) is 0 Å². The van der Waals surface area contributed by atoms with Crippen LogP contribution in [0.5, 0.6) is 5.75 Å². The van der Waals surface area contributed by atoms with Gasteiger partial charge in [-0.15, -0.1) is 0 Å². The van der Waals surface area contributed by atoms with Crippen molar-refractivity contribution in [3.05, 3.63) is 48.8 Å². The maximum atomic E-state index is 12.3. The predicted molar refractivity (Wildman–Crippen MR) is 108 cm³/mol. The average Bonchev–Trinajstić information content (AvgIpc) is 3.29. The number of fused-ring (bicyclic) bond motifs is 2. The summed E-state index contributed by atoms with van der Waals surface area (Å²) in [6.07, 6.45) is 4.27. The number of rotatable bonds is 7. The van der Waals surface area contributed by atoms with Gasteiger partial charge in [0.25, 0.3) is 0 Å². The van der Waals surface area contributed by atoms with Crippen LogP contribution in [0, 0.1) is 0 Å². The zero-order valence-corrected chi connectivity index (χ0v) is 15.6. The van der Waals surface area contributed by atoms with Crippen LogP contribution in [0.4, 0.5) is 0 Å². The quantitative estimate of drug-likeness (QED) is 0.431. The second kappa shape index (κ2) is 7.74. The summed E-state index contributed by atoms with van der Waals surface area (Å²) in [5, 5.41) is 13.7. The third-order valence-electron chi connectivity index (χ3n) is 4.74. The van der Waals surface area contributed by atoms with Gasteiger partial charge in [-0.3, -0.25) is 4.79 Å². The topological polar surface area (TPSA) is 92.2 Å². The van der Waals surface area contributed by atoms with Crippen molar-refractivity contribution in [3.8, 4) is 17.0 Å². The summed E-state index contributed by atoms with van der Waals surface area (Å²) in [4.78, 5) is 20.0. The van der Waals surface area contributed by atoms with Gasteiger partial charge in [-0.2, -0.15) is 0 Å². The lowest BCUT2D eigenvalue weighted by atomic mass is 10.1. The first-order valence-corrected chi connectivity index (χ1v) is 9.18. The number of amides is 1. The molecule has 4 rings (SSSR count). The Hall–Kier alpha value is -3.32. The molecule has 3 N–H and O–H groups in total. The Morgan fingerprint density at radius 1 is 1.32 bits per heavy atom. The Balaban J connectivity index is 1.75. The predicted octanol–water partition coefficient (Wildman–Crippen LogP) is 2.69. The molecule has 28 heavy (non-hydrogen) atoms. The molecule has 7 heteroatoms. The van der Waals surface area contributed by atoms with Crippen LogP contribution in [-0.4, -0.2) is 45.8 Å². The monoisotopic (exact) mass is 378 g/mol. The van der Waals surface area contributed by atoms with E-state index >= 15 is 0 Å². The minimum atomic E-state index is -0.0916. The van der Waals surface area contributed by atoms with Gasteiger partial charge >= 0.3 is 0 Å². The highest BCUT2D eigenvalue weighted by Crippen LogP contribution is 2.34. The molecule has 7 nitrogen and oxygen atoms in total. The lowest BCUT2D eigenvalue weighted by Crippen LogP contribution is -2.28. The second-order valence-electron chi connectivity index (χ2n) is 6.61. The number of aliphatic hydroxyl groups is 1. The van der Waals surface area contributed by atoms with E-state index in [2.05, 4.69) is 21.4 Å². The number of aromatic amines is 1. The minimum absolute atomic E-state index is 0.0606. The molecular weight excluding hydrogens is 356 g/mol. The highest BCUT2D eigenvalue weighted by Gasteiger charge is 2.15. The summed E-state index contributed by atoms with van der Waals surface area (Å²) in [5.74, 6) is 0.666. The van der Waals surface area contributed by atoms with Gasteiger partial charge in [0.05, 0.1) is 7.11 Å². The number of ether oxygens (including phenoxy) is 1. The van der Waals surface area contributed by atoms with Crippen LogP contribution in [0.1, 0.15) is 6.42 Å². The van der Waals surface area contributed by atoms with E-state index in [0.717, 1.165) is 38.9 Å². The van der Waals surface area contributed by atoms with Gasteiger partial charge in [0, 0.05) is 53.1 Å². The fraction of sp³-hybridized carbons (Fsp3) is 0.238. The number of methoxy groups -OCH3 is 1. The van der Waals surface area contributed by atoms with Crippen LogP contribution in [0.15, 0.2) is 48.8 Å². The largest absolute Gasteiger partial charge is 0.497 e. The molecule has 0 aliphatic carbocycles. The summed E-state index contributed by atoms with van der Waals surface area (Å²) in [6.45, 7) is 0.723. The summed E-state index contributed by atoms with van der Waals surface area (Å²) in [5.41, 5.74) is 3.68. The van der Waals surface area contributed by atoms with Gasteiger partial charge in [0.15, 0.2) is 0 Å². The number of nitrogens with zero attached hydrogens (tertiary/aromatic N) is 2. The van der Waals surface area contributed by atoms with E-state index in [1.54, 1.807) is 13.3 Å². The fourth-order valence-electron chi connectivity index (χ4n) is 3.37. The van der Waals surface area contributed by atoms with Crippen molar-refractivity contribution < 1.29 is 14.6 Å². The number of benzene rings is 1. The molecule has 144 valence electrons. The molecule has 0 atom stereocenters. The Kier molecular flexibility index (Phi) is 4.99. The van der Waals surface area contributed by atoms with Gasteiger partial charge in [-0.1, -0.05) is 0 Å². The Bertz CT molecular complexity index is 1100. The molecule has 0 spiro atoms. The Labute approximate surface area is 162 Å². The Morgan fingerprint density at radius 2 is 2.21 bits per heavy atom. The number of carbonyl (C=O) groups is 1. The van der Waals surface area contributed by atoms with Gasteiger partial charge in [0.2, 0.25) is 5.91 Å². The van der Waals surface area contributed by atoms with E-state index in [9.17, 15) is 4.79 Å². The van der Waals surface area contributed by atoms with Crippen molar-refractivity contribution in [3.63, 3.8) is 0 Å². The molecule has 0 fully saturated rings.